The highest BCUT2D eigenvalue weighted by Crippen LogP contribution is 2.37. The molecule has 0 aliphatic carbocycles. The number of nitrogens with one attached hydrogen (secondary N) is 2. The molecule has 0 saturated heterocycles. The molecule has 0 aliphatic heterocycles. The molecule has 3 rings (SSSR count). The largest absolute Gasteiger partial charge is 0.492 e. The summed E-state index contributed by atoms with van der Waals surface area (Å²) in [5, 5.41) is 16.5. The molecule has 3 aromatic carbocycles. The second-order valence-corrected chi connectivity index (χ2v) is 6.79. The molecule has 0 atom stereocenters. The van der Waals surface area contributed by atoms with E-state index in [0.717, 1.165) is 0 Å². The molecule has 0 spiro atoms. The fraction of sp³-hybridized carbons (Fsp3) is 0.167. The Kier molecular flexibility index (Phi) is 7.59. The lowest BCUT2D eigenvalue weighted by atomic mass is 10.1. The number of benzene rings is 3. The van der Waals surface area contributed by atoms with Gasteiger partial charge in [0.2, 0.25) is 0 Å². The third-order valence-electron chi connectivity index (χ3n) is 4.53. The van der Waals surface area contributed by atoms with Crippen LogP contribution in [0.25, 0.3) is 0 Å². The smallest absolute Gasteiger partial charge is 0.270 e. The van der Waals surface area contributed by atoms with Crippen LogP contribution >= 0.6 is 0 Å². The van der Waals surface area contributed by atoms with E-state index in [2.05, 4.69) is 10.6 Å². The molecule has 0 heterocycles. The van der Waals surface area contributed by atoms with Crippen LogP contribution < -0.4 is 20.1 Å². The molecule has 0 aliphatic rings. The highest BCUT2D eigenvalue weighted by atomic mass is 16.6. The van der Waals surface area contributed by atoms with E-state index in [0.29, 0.717) is 41.7 Å². The number of non-ortho nitro benzene ring substituents is 1. The van der Waals surface area contributed by atoms with Gasteiger partial charge in [0.25, 0.3) is 17.5 Å². The summed E-state index contributed by atoms with van der Waals surface area (Å²) in [7, 11) is 0. The topological polar surface area (TPSA) is 120 Å². The van der Waals surface area contributed by atoms with Gasteiger partial charge in [-0.2, -0.15) is 0 Å². The number of rotatable bonds is 9. The summed E-state index contributed by atoms with van der Waals surface area (Å²) in [6, 6.07) is 17.2. The molecule has 3 aromatic rings. The van der Waals surface area contributed by atoms with Crippen molar-refractivity contribution in [2.75, 3.05) is 23.8 Å². The Hall–Kier alpha value is -4.40. The van der Waals surface area contributed by atoms with Crippen LogP contribution in [0, 0.1) is 10.1 Å². The van der Waals surface area contributed by atoms with Gasteiger partial charge in [-0.05, 0) is 32.0 Å². The third-order valence-corrected chi connectivity index (χ3v) is 4.53. The molecule has 0 unspecified atom stereocenters. The van der Waals surface area contributed by atoms with Crippen LogP contribution in [0.15, 0.2) is 66.7 Å². The highest BCUT2D eigenvalue weighted by Gasteiger charge is 2.18. The predicted octanol–water partition coefficient (Wildman–Crippen LogP) is 4.90. The van der Waals surface area contributed by atoms with E-state index < -0.39 is 10.8 Å². The molecule has 33 heavy (non-hydrogen) atoms. The summed E-state index contributed by atoms with van der Waals surface area (Å²) in [6.45, 7) is 4.20. The number of hydrogen-bond donors (Lipinski definition) is 2. The molecule has 0 fully saturated rings. The minimum atomic E-state index is -0.570. The quantitative estimate of drug-likeness (QED) is 0.354. The Morgan fingerprint density at radius 1 is 0.788 bits per heavy atom. The maximum absolute atomic E-state index is 12.8. The van der Waals surface area contributed by atoms with Gasteiger partial charge in [0.15, 0.2) is 0 Å². The maximum Gasteiger partial charge on any atom is 0.270 e. The first kappa shape index (κ1) is 23.3. The van der Waals surface area contributed by atoms with Crippen molar-refractivity contribution < 1.29 is 24.0 Å². The van der Waals surface area contributed by atoms with Crippen LogP contribution in [0.4, 0.5) is 17.1 Å². The predicted molar refractivity (Wildman–Crippen MR) is 124 cm³/mol. The van der Waals surface area contributed by atoms with Crippen molar-refractivity contribution in [1.29, 1.82) is 0 Å². The maximum atomic E-state index is 12.8. The summed E-state index contributed by atoms with van der Waals surface area (Å²) in [4.78, 5) is 35.9. The van der Waals surface area contributed by atoms with Gasteiger partial charge in [-0.25, -0.2) is 0 Å². The fourth-order valence-corrected chi connectivity index (χ4v) is 3.04. The van der Waals surface area contributed by atoms with Crippen LogP contribution in [0.1, 0.15) is 34.6 Å². The average Bonchev–Trinajstić information content (AvgIpc) is 2.82. The van der Waals surface area contributed by atoms with Gasteiger partial charge < -0.3 is 20.1 Å². The van der Waals surface area contributed by atoms with Crippen molar-refractivity contribution in [3.63, 3.8) is 0 Å². The molecule has 0 radical (unpaired) electrons. The van der Waals surface area contributed by atoms with Crippen molar-refractivity contribution in [2.24, 2.45) is 0 Å². The van der Waals surface area contributed by atoms with Gasteiger partial charge >= 0.3 is 0 Å². The Labute approximate surface area is 190 Å². The Morgan fingerprint density at radius 2 is 1.30 bits per heavy atom. The highest BCUT2D eigenvalue weighted by molar-refractivity contribution is 6.07. The van der Waals surface area contributed by atoms with Crippen LogP contribution in [0.3, 0.4) is 0 Å². The van der Waals surface area contributed by atoms with Crippen molar-refractivity contribution in [2.45, 2.75) is 13.8 Å². The first-order valence-electron chi connectivity index (χ1n) is 10.3. The molecule has 2 N–H and O–H groups in total. The molecule has 9 heteroatoms. The normalized spacial score (nSPS) is 10.2. The van der Waals surface area contributed by atoms with E-state index in [1.165, 1.54) is 24.3 Å². The molecule has 0 bridgehead atoms. The standard InChI is InChI=1S/C24H23N3O6/c1-3-32-21-15-20(26-24(29)17-11-8-12-18(13-17)27(30)31)22(33-4-2)14-19(21)25-23(28)16-9-6-5-7-10-16/h5-15H,3-4H2,1-2H3,(H,25,28)(H,26,29). The number of ether oxygens (including phenoxy) is 2. The van der Waals surface area contributed by atoms with Gasteiger partial charge in [-0.3, -0.25) is 19.7 Å². The number of anilines is 2. The summed E-state index contributed by atoms with van der Waals surface area (Å²) >= 11 is 0. The van der Waals surface area contributed by atoms with Crippen LogP contribution in [0.2, 0.25) is 0 Å². The second-order valence-electron chi connectivity index (χ2n) is 6.79. The number of carbonyl (C=O) groups excluding carboxylic acids is 2. The zero-order chi connectivity index (χ0) is 23.8. The first-order valence-corrected chi connectivity index (χ1v) is 10.3. The van der Waals surface area contributed by atoms with E-state index in [9.17, 15) is 19.7 Å². The fourth-order valence-electron chi connectivity index (χ4n) is 3.04. The number of amides is 2. The minimum Gasteiger partial charge on any atom is -0.492 e. The van der Waals surface area contributed by atoms with E-state index in [1.807, 2.05) is 6.07 Å². The SMILES string of the molecule is CCOc1cc(NC(=O)c2cccc([N+](=O)[O-])c2)c(OCC)cc1NC(=O)c1ccccc1. The van der Waals surface area contributed by atoms with Crippen molar-refractivity contribution in [3.8, 4) is 11.5 Å². The van der Waals surface area contributed by atoms with E-state index in [-0.39, 0.29) is 17.2 Å². The Morgan fingerprint density at radius 3 is 1.82 bits per heavy atom. The van der Waals surface area contributed by atoms with E-state index >= 15 is 0 Å². The van der Waals surface area contributed by atoms with Gasteiger partial charge in [-0.15, -0.1) is 0 Å². The van der Waals surface area contributed by atoms with Gasteiger partial charge in [0.05, 0.1) is 29.5 Å². The lowest BCUT2D eigenvalue weighted by Gasteiger charge is -2.18. The third kappa shape index (κ3) is 5.85. The van der Waals surface area contributed by atoms with Crippen molar-refractivity contribution >= 4 is 28.9 Å². The number of hydrogen-bond acceptors (Lipinski definition) is 6. The lowest BCUT2D eigenvalue weighted by Crippen LogP contribution is -2.16. The molecular formula is C24H23N3O6. The van der Waals surface area contributed by atoms with Crippen molar-refractivity contribution in [1.82, 2.24) is 0 Å². The zero-order valence-electron chi connectivity index (χ0n) is 18.2. The number of nitro benzene ring substituents is 1. The Bertz CT molecular complexity index is 1160. The summed E-state index contributed by atoms with van der Waals surface area (Å²) in [5.41, 5.74) is 1.07. The summed E-state index contributed by atoms with van der Waals surface area (Å²) in [6.07, 6.45) is 0. The van der Waals surface area contributed by atoms with Crippen molar-refractivity contribution in [3.05, 3.63) is 88.0 Å². The van der Waals surface area contributed by atoms with Crippen LogP contribution in [-0.4, -0.2) is 30.0 Å². The molecular weight excluding hydrogens is 426 g/mol. The number of carbonyl (C=O) groups is 2. The second kappa shape index (κ2) is 10.8. The lowest BCUT2D eigenvalue weighted by molar-refractivity contribution is -0.384. The minimum absolute atomic E-state index is 0.117. The Balaban J connectivity index is 1.93. The van der Waals surface area contributed by atoms with Crippen LogP contribution in [-0.2, 0) is 0 Å². The molecule has 0 aromatic heterocycles. The molecule has 2 amide bonds. The van der Waals surface area contributed by atoms with E-state index in [1.54, 1.807) is 50.2 Å². The van der Waals surface area contributed by atoms with Crippen LogP contribution in [0.5, 0.6) is 11.5 Å². The monoisotopic (exact) mass is 449 g/mol. The molecule has 9 nitrogen and oxygen atoms in total. The van der Waals surface area contributed by atoms with Gasteiger partial charge in [-0.1, -0.05) is 24.3 Å². The zero-order valence-corrected chi connectivity index (χ0v) is 18.2. The first-order chi connectivity index (χ1) is 15.9. The summed E-state index contributed by atoms with van der Waals surface area (Å²) < 4.78 is 11.3. The molecule has 170 valence electrons. The van der Waals surface area contributed by atoms with Gasteiger partial charge in [0.1, 0.15) is 11.5 Å². The van der Waals surface area contributed by atoms with E-state index in [4.69, 9.17) is 9.47 Å². The average molecular weight is 449 g/mol. The number of nitrogens with zero attached hydrogens (tertiary/aromatic N) is 1. The molecule has 0 saturated carbocycles. The summed E-state index contributed by atoms with van der Waals surface area (Å²) in [5.74, 6) is -0.238. The number of nitro groups is 1. The van der Waals surface area contributed by atoms with Gasteiger partial charge in [0, 0.05) is 35.4 Å².